The number of nitrogens with one attached hydrogen (secondary N) is 1. The molecular formula is C23H21ClN2O3. The van der Waals surface area contributed by atoms with Crippen LogP contribution in [0.4, 0.5) is 5.69 Å². The number of nitrogens with zero attached hydrogens (tertiary/aromatic N) is 1. The van der Waals surface area contributed by atoms with E-state index in [0.29, 0.717) is 23.8 Å². The molecule has 5 rings (SSSR count). The summed E-state index contributed by atoms with van der Waals surface area (Å²) in [7, 11) is 0. The van der Waals surface area contributed by atoms with Gasteiger partial charge in [-0.2, -0.15) is 0 Å². The number of anilines is 1. The molecule has 148 valence electrons. The first-order chi connectivity index (χ1) is 14.1. The maximum absolute atomic E-state index is 13.2. The molecule has 2 aromatic carbocycles. The van der Waals surface area contributed by atoms with Crippen molar-refractivity contribution in [1.29, 1.82) is 0 Å². The smallest absolute Gasteiger partial charge is 0.231 e. The van der Waals surface area contributed by atoms with Crippen LogP contribution in [-0.2, 0) is 20.7 Å². The average molecular weight is 409 g/mol. The van der Waals surface area contributed by atoms with Crippen molar-refractivity contribution in [1.82, 2.24) is 4.90 Å². The fourth-order valence-electron chi connectivity index (χ4n) is 4.77. The van der Waals surface area contributed by atoms with Crippen LogP contribution in [-0.4, -0.2) is 41.5 Å². The van der Waals surface area contributed by atoms with Crippen LogP contribution < -0.4 is 5.32 Å². The third-order valence-corrected chi connectivity index (χ3v) is 6.32. The number of carbonyl (C=O) groups is 2. The number of carbonyl (C=O) groups excluding carboxylic acids is 2. The van der Waals surface area contributed by atoms with Crippen molar-refractivity contribution in [2.45, 2.75) is 18.1 Å². The summed E-state index contributed by atoms with van der Waals surface area (Å²) in [6.45, 7) is 1.11. The summed E-state index contributed by atoms with van der Waals surface area (Å²) in [6.07, 6.45) is 4.32. The minimum Gasteiger partial charge on any atom is -0.360 e. The van der Waals surface area contributed by atoms with Crippen LogP contribution in [0.25, 0.3) is 0 Å². The Labute approximate surface area is 174 Å². The minimum absolute atomic E-state index is 0.000903. The third kappa shape index (κ3) is 3.15. The lowest BCUT2D eigenvalue weighted by molar-refractivity contribution is -0.135. The number of fused-ring (bicyclic) bond motifs is 1. The zero-order chi connectivity index (χ0) is 20.0. The highest BCUT2D eigenvalue weighted by molar-refractivity contribution is 6.30. The van der Waals surface area contributed by atoms with Gasteiger partial charge in [-0.1, -0.05) is 60.2 Å². The van der Waals surface area contributed by atoms with E-state index in [0.717, 1.165) is 6.42 Å². The predicted octanol–water partition coefficient (Wildman–Crippen LogP) is 3.30. The number of rotatable bonds is 5. The first-order valence-electron chi connectivity index (χ1n) is 9.82. The Bertz CT molecular complexity index is 993. The average Bonchev–Trinajstić information content (AvgIpc) is 3.35. The zero-order valence-electron chi connectivity index (χ0n) is 15.8. The lowest BCUT2D eigenvalue weighted by Crippen LogP contribution is -2.41. The molecule has 5 nitrogen and oxygen atoms in total. The highest BCUT2D eigenvalue weighted by atomic mass is 35.5. The number of hydrogen-bond donors (Lipinski definition) is 1. The summed E-state index contributed by atoms with van der Waals surface area (Å²) in [4.78, 5) is 28.1. The quantitative estimate of drug-likeness (QED) is 0.772. The molecule has 29 heavy (non-hydrogen) atoms. The van der Waals surface area contributed by atoms with Gasteiger partial charge in [0.1, 0.15) is 5.60 Å². The fraction of sp³-hybridized carbons (Fsp3) is 0.304. The van der Waals surface area contributed by atoms with E-state index in [1.54, 1.807) is 24.3 Å². The van der Waals surface area contributed by atoms with Crippen molar-refractivity contribution in [3.05, 3.63) is 77.3 Å². The molecule has 1 spiro atoms. The molecule has 2 bridgehead atoms. The molecule has 1 N–H and O–H groups in total. The Kier molecular flexibility index (Phi) is 4.45. The van der Waals surface area contributed by atoms with Gasteiger partial charge >= 0.3 is 0 Å². The van der Waals surface area contributed by atoms with E-state index >= 15 is 0 Å². The summed E-state index contributed by atoms with van der Waals surface area (Å²) < 4.78 is 6.17. The van der Waals surface area contributed by atoms with Crippen LogP contribution in [0.15, 0.2) is 66.7 Å². The molecule has 0 aromatic heterocycles. The van der Waals surface area contributed by atoms with Crippen LogP contribution in [0, 0.1) is 11.8 Å². The van der Waals surface area contributed by atoms with Crippen LogP contribution in [0.5, 0.6) is 0 Å². The maximum Gasteiger partial charge on any atom is 0.231 e. The normalized spacial score (nSPS) is 29.3. The summed E-state index contributed by atoms with van der Waals surface area (Å²) in [5, 5.41) is 3.45. The van der Waals surface area contributed by atoms with Crippen molar-refractivity contribution in [2.24, 2.45) is 11.8 Å². The van der Waals surface area contributed by atoms with E-state index in [9.17, 15) is 9.59 Å². The van der Waals surface area contributed by atoms with Crippen molar-refractivity contribution < 1.29 is 14.3 Å². The van der Waals surface area contributed by atoms with E-state index < -0.39 is 17.4 Å². The maximum atomic E-state index is 13.2. The number of halogens is 1. The topological polar surface area (TPSA) is 58.6 Å². The predicted molar refractivity (Wildman–Crippen MR) is 111 cm³/mol. The second-order valence-corrected chi connectivity index (χ2v) is 8.33. The van der Waals surface area contributed by atoms with E-state index in [1.165, 1.54) is 5.56 Å². The van der Waals surface area contributed by atoms with Gasteiger partial charge in [-0.15, -0.1) is 0 Å². The molecule has 2 fully saturated rings. The van der Waals surface area contributed by atoms with Gasteiger partial charge in [0, 0.05) is 17.3 Å². The van der Waals surface area contributed by atoms with Crippen LogP contribution in [0.2, 0.25) is 5.02 Å². The van der Waals surface area contributed by atoms with Gasteiger partial charge in [0.05, 0.1) is 24.5 Å². The number of ether oxygens (including phenoxy) is 1. The number of likely N-dealkylation sites (tertiary alicyclic amines) is 1. The van der Waals surface area contributed by atoms with Gasteiger partial charge in [0.2, 0.25) is 11.8 Å². The number of amides is 2. The standard InChI is InChI=1S/C23H21ClN2O3/c24-16-7-4-8-17(13-16)25-21(27)19-18-9-11-23(29-18)14-26(22(28)20(19)23)12-10-15-5-2-1-3-6-15/h1-9,11,13,18-20H,10,12,14H2,(H,25,27)/t18-,19+,20-,23+/m1/s1. The largest absolute Gasteiger partial charge is 0.360 e. The van der Waals surface area contributed by atoms with Gasteiger partial charge < -0.3 is 15.0 Å². The second-order valence-electron chi connectivity index (χ2n) is 7.89. The SMILES string of the molecule is O=C(Nc1cccc(Cl)c1)[C@H]1[C@H]2C=C[C@@]3(CN(CCc4ccccc4)C(=O)[C@@H]13)O2. The molecule has 6 heteroatoms. The first-order valence-corrected chi connectivity index (χ1v) is 10.2. The van der Waals surface area contributed by atoms with Crippen LogP contribution in [0.1, 0.15) is 5.56 Å². The van der Waals surface area contributed by atoms with Gasteiger partial charge in [-0.3, -0.25) is 9.59 Å². The Morgan fingerprint density at radius 3 is 2.83 bits per heavy atom. The van der Waals surface area contributed by atoms with Gasteiger partial charge in [0.15, 0.2) is 0 Å². The minimum atomic E-state index is -0.686. The summed E-state index contributed by atoms with van der Waals surface area (Å²) in [5.41, 5.74) is 1.12. The summed E-state index contributed by atoms with van der Waals surface area (Å²) in [5.74, 6) is -1.22. The van der Waals surface area contributed by atoms with Crippen LogP contribution in [0.3, 0.4) is 0 Å². The van der Waals surface area contributed by atoms with Crippen molar-refractivity contribution >= 4 is 29.1 Å². The molecule has 0 aliphatic carbocycles. The monoisotopic (exact) mass is 408 g/mol. The molecule has 3 aliphatic rings. The number of benzene rings is 2. The van der Waals surface area contributed by atoms with Crippen molar-refractivity contribution in [2.75, 3.05) is 18.4 Å². The fourth-order valence-corrected chi connectivity index (χ4v) is 4.96. The molecule has 2 saturated heterocycles. The molecule has 0 saturated carbocycles. The Hall–Kier alpha value is -2.63. The molecular weight excluding hydrogens is 388 g/mol. The van der Waals surface area contributed by atoms with E-state index in [-0.39, 0.29) is 17.9 Å². The third-order valence-electron chi connectivity index (χ3n) is 6.09. The molecule has 2 amide bonds. The lowest BCUT2D eigenvalue weighted by Gasteiger charge is -2.23. The Morgan fingerprint density at radius 1 is 1.21 bits per heavy atom. The lowest BCUT2D eigenvalue weighted by atomic mass is 9.77. The van der Waals surface area contributed by atoms with E-state index in [2.05, 4.69) is 17.4 Å². The highest BCUT2D eigenvalue weighted by Crippen LogP contribution is 2.52. The van der Waals surface area contributed by atoms with Gasteiger partial charge in [0.25, 0.3) is 0 Å². The Balaban J connectivity index is 1.33. The van der Waals surface area contributed by atoms with Crippen LogP contribution >= 0.6 is 11.6 Å². The van der Waals surface area contributed by atoms with E-state index in [1.807, 2.05) is 35.3 Å². The van der Waals surface area contributed by atoms with Crippen molar-refractivity contribution in [3.8, 4) is 0 Å². The summed E-state index contributed by atoms with van der Waals surface area (Å²) >= 11 is 6.02. The Morgan fingerprint density at radius 2 is 2.03 bits per heavy atom. The van der Waals surface area contributed by atoms with Gasteiger partial charge in [-0.05, 0) is 30.2 Å². The summed E-state index contributed by atoms with van der Waals surface area (Å²) in [6, 6.07) is 17.1. The molecule has 3 aliphatic heterocycles. The molecule has 3 heterocycles. The number of hydrogen-bond acceptors (Lipinski definition) is 3. The second kappa shape index (κ2) is 7.01. The molecule has 0 radical (unpaired) electrons. The van der Waals surface area contributed by atoms with E-state index in [4.69, 9.17) is 16.3 Å². The highest BCUT2D eigenvalue weighted by Gasteiger charge is 2.66. The molecule has 2 aromatic rings. The molecule has 0 unspecified atom stereocenters. The van der Waals surface area contributed by atoms with Crippen molar-refractivity contribution in [3.63, 3.8) is 0 Å². The molecule has 4 atom stereocenters. The van der Waals surface area contributed by atoms with Gasteiger partial charge in [-0.25, -0.2) is 0 Å². The first kappa shape index (κ1) is 18.4. The zero-order valence-corrected chi connectivity index (χ0v) is 16.5.